The van der Waals surface area contributed by atoms with Crippen molar-refractivity contribution in [2.24, 2.45) is 0 Å². The van der Waals surface area contributed by atoms with Gasteiger partial charge < -0.3 is 14.8 Å². The zero-order chi connectivity index (χ0) is 13.2. The van der Waals surface area contributed by atoms with Crippen LogP contribution in [0.4, 0.5) is 0 Å². The maximum Gasteiger partial charge on any atom is 0.162 e. The van der Waals surface area contributed by atoms with Crippen molar-refractivity contribution in [2.75, 3.05) is 13.2 Å². The van der Waals surface area contributed by atoms with Gasteiger partial charge in [-0.3, -0.25) is 0 Å². The summed E-state index contributed by atoms with van der Waals surface area (Å²) in [6, 6.07) is 8.75. The molecule has 1 heterocycles. The van der Waals surface area contributed by atoms with Crippen LogP contribution in [0.5, 0.6) is 0 Å². The number of rotatable bonds is 3. The van der Waals surface area contributed by atoms with Crippen LogP contribution in [-0.2, 0) is 9.47 Å². The molecule has 1 N–H and O–H groups in total. The van der Waals surface area contributed by atoms with Gasteiger partial charge in [-0.2, -0.15) is 0 Å². The van der Waals surface area contributed by atoms with Crippen molar-refractivity contribution in [3.05, 3.63) is 34.3 Å². The molecule has 1 aliphatic rings. The third-order valence-electron chi connectivity index (χ3n) is 3.12. The highest BCUT2D eigenvalue weighted by atomic mass is 79.9. The monoisotopic (exact) mass is 313 g/mol. The van der Waals surface area contributed by atoms with Gasteiger partial charge in [0.2, 0.25) is 0 Å². The fraction of sp³-hybridized carbons (Fsp3) is 0.571. The number of nitrogens with one attached hydrogen (secondary N) is 1. The first-order valence-electron chi connectivity index (χ1n) is 6.26. The van der Waals surface area contributed by atoms with Gasteiger partial charge in [0.15, 0.2) is 5.79 Å². The smallest absolute Gasteiger partial charge is 0.162 e. The summed E-state index contributed by atoms with van der Waals surface area (Å²) >= 11 is 3.58. The normalized spacial score (nSPS) is 21.8. The molecule has 0 amide bonds. The fourth-order valence-corrected chi connectivity index (χ4v) is 2.69. The molecule has 0 saturated carbocycles. The highest BCUT2D eigenvalue weighted by Crippen LogP contribution is 2.24. The molecule has 0 unspecified atom stereocenters. The van der Waals surface area contributed by atoms with E-state index < -0.39 is 5.79 Å². The molecule has 1 fully saturated rings. The quantitative estimate of drug-likeness (QED) is 0.929. The Morgan fingerprint density at radius 3 is 2.50 bits per heavy atom. The van der Waals surface area contributed by atoms with Crippen LogP contribution >= 0.6 is 15.9 Å². The van der Waals surface area contributed by atoms with Crippen molar-refractivity contribution in [3.63, 3.8) is 0 Å². The number of benzene rings is 1. The summed E-state index contributed by atoms with van der Waals surface area (Å²) < 4.78 is 12.4. The number of halogens is 1. The van der Waals surface area contributed by atoms with Crippen molar-refractivity contribution in [1.82, 2.24) is 5.32 Å². The van der Waals surface area contributed by atoms with Gasteiger partial charge >= 0.3 is 0 Å². The molecule has 1 aliphatic heterocycles. The van der Waals surface area contributed by atoms with E-state index in [0.29, 0.717) is 13.2 Å². The standard InChI is InChI=1S/C14H20BrNO2/c1-10(12-6-4-5-7-13(12)15)16-11-8-17-14(2,3)18-9-11/h4-7,10-11,16H,8-9H2,1-3H3/t10-/m1/s1. The molecule has 100 valence electrons. The van der Waals surface area contributed by atoms with Gasteiger partial charge in [-0.25, -0.2) is 0 Å². The molecular formula is C14H20BrNO2. The minimum absolute atomic E-state index is 0.236. The Hall–Kier alpha value is -0.420. The summed E-state index contributed by atoms with van der Waals surface area (Å²) in [6.07, 6.45) is 0. The molecule has 0 aliphatic carbocycles. The van der Waals surface area contributed by atoms with Gasteiger partial charge in [0.1, 0.15) is 0 Å². The number of hydrogen-bond donors (Lipinski definition) is 1. The lowest BCUT2D eigenvalue weighted by Gasteiger charge is -2.36. The predicted octanol–water partition coefficient (Wildman–Crippen LogP) is 3.25. The zero-order valence-corrected chi connectivity index (χ0v) is 12.7. The summed E-state index contributed by atoms with van der Waals surface area (Å²) in [7, 11) is 0. The minimum Gasteiger partial charge on any atom is -0.349 e. The Kier molecular flexibility index (Phi) is 4.43. The first-order chi connectivity index (χ1) is 8.48. The second-order valence-corrected chi connectivity index (χ2v) is 5.98. The van der Waals surface area contributed by atoms with Crippen LogP contribution in [0, 0.1) is 0 Å². The lowest BCUT2D eigenvalue weighted by molar-refractivity contribution is -0.253. The molecule has 3 nitrogen and oxygen atoms in total. The van der Waals surface area contributed by atoms with Gasteiger partial charge in [0.25, 0.3) is 0 Å². The number of ether oxygens (including phenoxy) is 2. The van der Waals surface area contributed by atoms with Crippen molar-refractivity contribution in [1.29, 1.82) is 0 Å². The van der Waals surface area contributed by atoms with Crippen molar-refractivity contribution < 1.29 is 9.47 Å². The van der Waals surface area contributed by atoms with E-state index in [1.807, 2.05) is 19.9 Å². The van der Waals surface area contributed by atoms with Gasteiger partial charge in [0, 0.05) is 10.5 Å². The van der Waals surface area contributed by atoms with Crippen molar-refractivity contribution in [3.8, 4) is 0 Å². The maximum atomic E-state index is 5.65. The maximum absolute atomic E-state index is 5.65. The lowest BCUT2D eigenvalue weighted by atomic mass is 10.1. The Bertz CT molecular complexity index is 399. The first-order valence-corrected chi connectivity index (χ1v) is 7.05. The molecule has 18 heavy (non-hydrogen) atoms. The van der Waals surface area contributed by atoms with Crippen LogP contribution in [0.2, 0.25) is 0 Å². The summed E-state index contributed by atoms with van der Waals surface area (Å²) in [5, 5.41) is 3.53. The Balaban J connectivity index is 1.93. The van der Waals surface area contributed by atoms with Crippen LogP contribution in [0.1, 0.15) is 32.4 Å². The van der Waals surface area contributed by atoms with E-state index in [2.05, 4.69) is 46.4 Å². The van der Waals surface area contributed by atoms with E-state index >= 15 is 0 Å². The molecule has 0 aromatic heterocycles. The molecule has 0 radical (unpaired) electrons. The Morgan fingerprint density at radius 2 is 1.89 bits per heavy atom. The lowest BCUT2D eigenvalue weighted by Crippen LogP contribution is -2.49. The molecule has 0 bridgehead atoms. The Labute approximate surface area is 117 Å². The van der Waals surface area contributed by atoms with Crippen LogP contribution in [0.3, 0.4) is 0 Å². The van der Waals surface area contributed by atoms with Crippen LogP contribution in [0.15, 0.2) is 28.7 Å². The number of hydrogen-bond acceptors (Lipinski definition) is 3. The van der Waals surface area contributed by atoms with E-state index in [1.54, 1.807) is 0 Å². The van der Waals surface area contributed by atoms with Crippen molar-refractivity contribution >= 4 is 15.9 Å². The second kappa shape index (κ2) is 5.70. The fourth-order valence-electron chi connectivity index (χ4n) is 2.06. The highest BCUT2D eigenvalue weighted by molar-refractivity contribution is 9.10. The van der Waals surface area contributed by atoms with Crippen molar-refractivity contribution in [2.45, 2.75) is 38.6 Å². The SMILES string of the molecule is C[C@@H](NC1COC(C)(C)OC1)c1ccccc1Br. The summed E-state index contributed by atoms with van der Waals surface area (Å²) in [5.74, 6) is -0.450. The topological polar surface area (TPSA) is 30.5 Å². The van der Waals surface area contributed by atoms with E-state index in [4.69, 9.17) is 9.47 Å². The third kappa shape index (κ3) is 3.54. The summed E-state index contributed by atoms with van der Waals surface area (Å²) in [5.41, 5.74) is 1.25. The minimum atomic E-state index is -0.450. The van der Waals surface area contributed by atoms with E-state index in [9.17, 15) is 0 Å². The molecule has 0 spiro atoms. The van der Waals surface area contributed by atoms with Gasteiger partial charge in [-0.05, 0) is 32.4 Å². The molecular weight excluding hydrogens is 294 g/mol. The summed E-state index contributed by atoms with van der Waals surface area (Å²) in [4.78, 5) is 0. The average molecular weight is 314 g/mol. The largest absolute Gasteiger partial charge is 0.349 e. The first kappa shape index (κ1) is 14.0. The van der Waals surface area contributed by atoms with Crippen LogP contribution in [0.25, 0.3) is 0 Å². The van der Waals surface area contributed by atoms with Gasteiger partial charge in [-0.1, -0.05) is 34.1 Å². The molecule has 4 heteroatoms. The second-order valence-electron chi connectivity index (χ2n) is 5.13. The van der Waals surface area contributed by atoms with E-state index in [1.165, 1.54) is 5.56 Å². The predicted molar refractivity (Wildman–Crippen MR) is 75.5 cm³/mol. The van der Waals surface area contributed by atoms with Gasteiger partial charge in [-0.15, -0.1) is 0 Å². The molecule has 1 aromatic carbocycles. The van der Waals surface area contributed by atoms with Gasteiger partial charge in [0.05, 0.1) is 19.3 Å². The zero-order valence-electron chi connectivity index (χ0n) is 11.1. The molecule has 1 atom stereocenters. The molecule has 1 aromatic rings. The van der Waals surface area contributed by atoms with E-state index in [0.717, 1.165) is 4.47 Å². The average Bonchev–Trinajstić information content (AvgIpc) is 2.32. The Morgan fingerprint density at radius 1 is 1.28 bits per heavy atom. The third-order valence-corrected chi connectivity index (χ3v) is 3.84. The highest BCUT2D eigenvalue weighted by Gasteiger charge is 2.29. The van der Waals surface area contributed by atoms with E-state index in [-0.39, 0.29) is 12.1 Å². The van der Waals surface area contributed by atoms with Crippen LogP contribution < -0.4 is 5.32 Å². The molecule has 1 saturated heterocycles. The molecule has 2 rings (SSSR count). The summed E-state index contributed by atoms with van der Waals surface area (Å²) in [6.45, 7) is 7.41. The van der Waals surface area contributed by atoms with Crippen LogP contribution in [-0.4, -0.2) is 25.0 Å².